The monoisotopic (exact) mass is 793 g/mol. The van der Waals surface area contributed by atoms with E-state index in [4.69, 9.17) is 9.05 Å². The largest absolute Gasteiger partial charge is 0.756 e. The summed E-state index contributed by atoms with van der Waals surface area (Å²) in [5.74, 6) is -0.487. The van der Waals surface area contributed by atoms with Crippen molar-refractivity contribution in [1.29, 1.82) is 0 Å². The van der Waals surface area contributed by atoms with Gasteiger partial charge in [-0.15, -0.1) is 0 Å². The van der Waals surface area contributed by atoms with E-state index in [1.165, 1.54) is 96.0 Å². The number of allylic oxidation sites excluding steroid dienone is 9. The second-order valence-electron chi connectivity index (χ2n) is 15.7. The van der Waals surface area contributed by atoms with Gasteiger partial charge in [-0.2, -0.15) is 0 Å². The van der Waals surface area contributed by atoms with Gasteiger partial charge in [0.15, 0.2) is 5.78 Å². The molecule has 9 nitrogen and oxygen atoms in total. The normalized spacial score (nSPS) is 14.9. The number of aliphatic hydroxyl groups is 1. The Balaban J connectivity index is 4.69. The zero-order chi connectivity index (χ0) is 40.9. The molecule has 0 spiro atoms. The number of likely N-dealkylation sites (N-methyl/N-ethyl adjacent to an activating group) is 1. The van der Waals surface area contributed by atoms with Gasteiger partial charge in [0.25, 0.3) is 7.82 Å². The van der Waals surface area contributed by atoms with Crippen LogP contribution in [-0.2, 0) is 23.2 Å². The lowest BCUT2D eigenvalue weighted by molar-refractivity contribution is -0.870. The Bertz CT molecular complexity index is 1140. The summed E-state index contributed by atoms with van der Waals surface area (Å²) in [6.45, 7) is 4.40. The fourth-order valence-corrected chi connectivity index (χ4v) is 6.42. The molecule has 0 saturated heterocycles. The van der Waals surface area contributed by atoms with E-state index in [9.17, 15) is 24.2 Å². The van der Waals surface area contributed by atoms with Crippen LogP contribution in [0.4, 0.5) is 0 Å². The van der Waals surface area contributed by atoms with E-state index in [0.29, 0.717) is 17.4 Å². The van der Waals surface area contributed by atoms with Gasteiger partial charge in [-0.1, -0.05) is 158 Å². The molecule has 0 aliphatic rings. The number of hydrogen-bond acceptors (Lipinski definition) is 7. The number of phosphoric ester groups is 1. The molecule has 3 atom stereocenters. The molecule has 318 valence electrons. The molecule has 0 bridgehead atoms. The van der Waals surface area contributed by atoms with Crippen LogP contribution in [0, 0.1) is 0 Å². The second kappa shape index (κ2) is 36.2. The van der Waals surface area contributed by atoms with E-state index in [1.807, 2.05) is 39.4 Å². The summed E-state index contributed by atoms with van der Waals surface area (Å²) in [7, 11) is 1.11. The first-order chi connectivity index (χ1) is 26.4. The summed E-state index contributed by atoms with van der Waals surface area (Å²) >= 11 is 0. The smallest absolute Gasteiger partial charge is 0.268 e. The first-order valence-electron chi connectivity index (χ1n) is 21.6. The Morgan fingerprint density at radius 1 is 0.691 bits per heavy atom. The molecule has 10 heteroatoms. The van der Waals surface area contributed by atoms with E-state index in [2.05, 4.69) is 43.5 Å². The minimum atomic E-state index is -4.65. The quantitative estimate of drug-likeness (QED) is 0.0159. The number of nitrogens with one attached hydrogen (secondary N) is 1. The zero-order valence-electron chi connectivity index (χ0n) is 35.6. The predicted molar refractivity (Wildman–Crippen MR) is 229 cm³/mol. The van der Waals surface area contributed by atoms with Crippen molar-refractivity contribution < 1.29 is 37.7 Å². The SMILES string of the molecule is CCCCC/C=C\C/C=C\C/C=C\C=C\C(=O)CCCC(=O)N[C@@H](COP(=O)([O-])OCC[N+](C)(C)C)[C@H](O)/C=C/CCCCCCCCCCCCCCC. The average Bonchev–Trinajstić information content (AvgIpc) is 3.12. The molecule has 55 heavy (non-hydrogen) atoms. The van der Waals surface area contributed by atoms with E-state index in [0.717, 1.165) is 38.5 Å². The molecule has 0 rings (SSSR count). The number of hydrogen-bond donors (Lipinski definition) is 2. The number of phosphoric acid groups is 1. The van der Waals surface area contributed by atoms with Crippen LogP contribution in [0.15, 0.2) is 60.8 Å². The highest BCUT2D eigenvalue weighted by Gasteiger charge is 2.23. The number of unbranched alkanes of at least 4 members (excludes halogenated alkanes) is 16. The summed E-state index contributed by atoms with van der Waals surface area (Å²) in [4.78, 5) is 37.6. The molecule has 0 saturated carbocycles. The third kappa shape index (κ3) is 38.5. The Hall–Kier alpha value is -2.13. The van der Waals surface area contributed by atoms with Crippen molar-refractivity contribution in [3.63, 3.8) is 0 Å². The molecule has 0 radical (unpaired) electrons. The Morgan fingerprint density at radius 2 is 1.22 bits per heavy atom. The number of carbonyl (C=O) groups excluding carboxylic acids is 2. The summed E-state index contributed by atoms with van der Waals surface area (Å²) in [5.41, 5.74) is 0. The maximum absolute atomic E-state index is 12.8. The number of carbonyl (C=O) groups is 2. The molecule has 1 amide bonds. The van der Waals surface area contributed by atoms with Crippen LogP contribution in [0.25, 0.3) is 0 Å². The molecule has 0 aromatic carbocycles. The molecule has 1 unspecified atom stereocenters. The van der Waals surface area contributed by atoms with Gasteiger partial charge in [-0.05, 0) is 51.0 Å². The van der Waals surface area contributed by atoms with Gasteiger partial charge < -0.3 is 28.8 Å². The van der Waals surface area contributed by atoms with Gasteiger partial charge in [0.2, 0.25) is 5.91 Å². The van der Waals surface area contributed by atoms with Gasteiger partial charge in [0.1, 0.15) is 13.2 Å². The molecule has 0 aromatic rings. The highest BCUT2D eigenvalue weighted by atomic mass is 31.2. The lowest BCUT2D eigenvalue weighted by atomic mass is 10.0. The van der Waals surface area contributed by atoms with E-state index in [1.54, 1.807) is 12.2 Å². The lowest BCUT2D eigenvalue weighted by Gasteiger charge is -2.29. The zero-order valence-corrected chi connectivity index (χ0v) is 36.5. The fraction of sp³-hybridized carbons (Fsp3) is 0.733. The van der Waals surface area contributed by atoms with Crippen molar-refractivity contribution in [2.45, 2.75) is 174 Å². The fourth-order valence-electron chi connectivity index (χ4n) is 5.69. The summed E-state index contributed by atoms with van der Waals surface area (Å²) in [6.07, 6.45) is 42.6. The van der Waals surface area contributed by atoms with Crippen LogP contribution >= 0.6 is 7.82 Å². The van der Waals surface area contributed by atoms with Crippen molar-refractivity contribution in [2.24, 2.45) is 0 Å². The van der Waals surface area contributed by atoms with Crippen molar-refractivity contribution in [3.05, 3.63) is 60.8 Å². The van der Waals surface area contributed by atoms with Gasteiger partial charge in [-0.3, -0.25) is 14.2 Å². The Labute approximate surface area is 337 Å². The maximum atomic E-state index is 12.8. The van der Waals surface area contributed by atoms with E-state index >= 15 is 0 Å². The maximum Gasteiger partial charge on any atom is 0.268 e. The van der Waals surface area contributed by atoms with Crippen LogP contribution in [0.5, 0.6) is 0 Å². The lowest BCUT2D eigenvalue weighted by Crippen LogP contribution is -2.45. The van der Waals surface area contributed by atoms with Gasteiger partial charge in [0.05, 0.1) is 39.9 Å². The summed E-state index contributed by atoms with van der Waals surface area (Å²) in [5, 5.41) is 13.6. The van der Waals surface area contributed by atoms with Crippen LogP contribution in [-0.4, -0.2) is 74.3 Å². The molecule has 0 aliphatic carbocycles. The number of aliphatic hydroxyl groups excluding tert-OH is 1. The molecular formula is C45H81N2O7P. The van der Waals surface area contributed by atoms with Gasteiger partial charge in [0, 0.05) is 12.8 Å². The molecule has 0 aliphatic heterocycles. The van der Waals surface area contributed by atoms with Crippen molar-refractivity contribution in [1.82, 2.24) is 5.32 Å². The van der Waals surface area contributed by atoms with Crippen LogP contribution in [0.1, 0.15) is 162 Å². The first kappa shape index (κ1) is 52.9. The van der Waals surface area contributed by atoms with Crippen LogP contribution in [0.2, 0.25) is 0 Å². The highest BCUT2D eigenvalue weighted by molar-refractivity contribution is 7.45. The minimum absolute atomic E-state index is 0.0463. The van der Waals surface area contributed by atoms with E-state index < -0.39 is 32.5 Å². The molecule has 0 heterocycles. The van der Waals surface area contributed by atoms with Gasteiger partial charge >= 0.3 is 0 Å². The number of amides is 1. The second-order valence-corrected chi connectivity index (χ2v) is 17.1. The third-order valence-electron chi connectivity index (χ3n) is 9.20. The number of quaternary nitrogens is 1. The van der Waals surface area contributed by atoms with E-state index in [-0.39, 0.29) is 25.2 Å². The van der Waals surface area contributed by atoms with Crippen molar-refractivity contribution in [3.8, 4) is 0 Å². The highest BCUT2D eigenvalue weighted by Crippen LogP contribution is 2.38. The number of nitrogens with zero attached hydrogens (tertiary/aromatic N) is 1. The third-order valence-corrected chi connectivity index (χ3v) is 10.2. The standard InChI is InChI=1S/C45H81N2O7P/c1-6-8-10-12-14-16-18-20-21-23-25-27-29-31-33-37-44(49)43(41-54-55(51,52)53-40-39-47(3,4)5)46-45(50)38-34-36-42(48)35-32-30-28-26-24-22-19-17-15-13-11-9-7-2/h15,17,22,24,28,30,32-33,35,37,43-44,49H,6-14,16,18-21,23,25-27,29,31,34,36,38-41H2,1-5H3,(H-,46,50,51,52)/b17-15-,24-22-,30-28-,35-32+,37-33+/t43-,44+/m0/s1. The topological polar surface area (TPSA) is 125 Å². The van der Waals surface area contributed by atoms with Crippen molar-refractivity contribution in [2.75, 3.05) is 40.9 Å². The Kier molecular flexibility index (Phi) is 34.8. The molecule has 2 N–H and O–H groups in total. The van der Waals surface area contributed by atoms with Crippen LogP contribution < -0.4 is 10.2 Å². The number of ketones is 1. The number of rotatable bonds is 38. The minimum Gasteiger partial charge on any atom is -0.756 e. The summed E-state index contributed by atoms with van der Waals surface area (Å²) in [6, 6.07) is -1.00. The molecule has 0 fully saturated rings. The van der Waals surface area contributed by atoms with Gasteiger partial charge in [-0.25, -0.2) is 0 Å². The predicted octanol–water partition coefficient (Wildman–Crippen LogP) is 10.4. The first-order valence-corrected chi connectivity index (χ1v) is 23.1. The molecule has 0 aromatic heterocycles. The van der Waals surface area contributed by atoms with Crippen LogP contribution in [0.3, 0.4) is 0 Å². The molecular weight excluding hydrogens is 711 g/mol. The summed E-state index contributed by atoms with van der Waals surface area (Å²) < 4.78 is 23.1. The average molecular weight is 793 g/mol. The Morgan fingerprint density at radius 3 is 1.84 bits per heavy atom. The van der Waals surface area contributed by atoms with Crippen molar-refractivity contribution >= 4 is 19.5 Å².